The lowest BCUT2D eigenvalue weighted by Crippen LogP contribution is -2.04. The van der Waals surface area contributed by atoms with Crippen molar-refractivity contribution in [3.05, 3.63) is 58.9 Å². The molecule has 5 nitrogen and oxygen atoms in total. The number of rotatable bonds is 4. The standard InChI is InChI=1S/C14H13Cl2N5/c1-17-14-18-4-5-20(14)7-10-8-21(9-19-10)11-2-3-12(15)13(16)6-11/h2-6,8-9H,7H2,1H3,(H,17,18). The number of aromatic nitrogens is 4. The molecular formula is C14H13Cl2N5. The molecule has 1 aromatic carbocycles. The smallest absolute Gasteiger partial charge is 0.202 e. The third kappa shape index (κ3) is 2.89. The lowest BCUT2D eigenvalue weighted by Gasteiger charge is -2.05. The van der Waals surface area contributed by atoms with Gasteiger partial charge in [0.25, 0.3) is 0 Å². The second-order valence-corrected chi connectivity index (χ2v) is 5.31. The Morgan fingerprint density at radius 2 is 2.05 bits per heavy atom. The summed E-state index contributed by atoms with van der Waals surface area (Å²) in [6.45, 7) is 0.643. The molecule has 0 aliphatic heterocycles. The van der Waals surface area contributed by atoms with Gasteiger partial charge in [-0.2, -0.15) is 0 Å². The van der Waals surface area contributed by atoms with Crippen LogP contribution in [0, 0.1) is 0 Å². The van der Waals surface area contributed by atoms with Gasteiger partial charge in [0.1, 0.15) is 0 Å². The molecule has 0 atom stereocenters. The van der Waals surface area contributed by atoms with Crippen molar-refractivity contribution in [3.8, 4) is 5.69 Å². The van der Waals surface area contributed by atoms with Gasteiger partial charge in [0.05, 0.1) is 28.6 Å². The van der Waals surface area contributed by atoms with E-state index in [0.29, 0.717) is 16.6 Å². The number of hydrogen-bond donors (Lipinski definition) is 1. The molecule has 21 heavy (non-hydrogen) atoms. The molecule has 0 fully saturated rings. The highest BCUT2D eigenvalue weighted by atomic mass is 35.5. The van der Waals surface area contributed by atoms with Gasteiger partial charge in [-0.3, -0.25) is 0 Å². The predicted molar refractivity (Wildman–Crippen MR) is 84.5 cm³/mol. The molecular weight excluding hydrogens is 309 g/mol. The van der Waals surface area contributed by atoms with E-state index < -0.39 is 0 Å². The van der Waals surface area contributed by atoms with Crippen LogP contribution in [0.1, 0.15) is 5.69 Å². The second kappa shape index (κ2) is 5.79. The number of halogens is 2. The highest BCUT2D eigenvalue weighted by molar-refractivity contribution is 6.42. The van der Waals surface area contributed by atoms with Crippen molar-refractivity contribution in [2.75, 3.05) is 12.4 Å². The monoisotopic (exact) mass is 321 g/mol. The van der Waals surface area contributed by atoms with E-state index in [9.17, 15) is 0 Å². The fraction of sp³-hybridized carbons (Fsp3) is 0.143. The summed E-state index contributed by atoms with van der Waals surface area (Å²) in [4.78, 5) is 8.61. The molecule has 0 spiro atoms. The molecule has 0 unspecified atom stereocenters. The van der Waals surface area contributed by atoms with Crippen LogP contribution < -0.4 is 5.32 Å². The zero-order chi connectivity index (χ0) is 14.8. The van der Waals surface area contributed by atoms with Gasteiger partial charge >= 0.3 is 0 Å². The van der Waals surface area contributed by atoms with Crippen LogP contribution in [0.25, 0.3) is 5.69 Å². The van der Waals surface area contributed by atoms with Crippen molar-refractivity contribution in [2.24, 2.45) is 0 Å². The maximum Gasteiger partial charge on any atom is 0.202 e. The molecule has 2 aromatic heterocycles. The van der Waals surface area contributed by atoms with Crippen molar-refractivity contribution in [1.82, 2.24) is 19.1 Å². The Balaban J connectivity index is 1.84. The molecule has 0 aliphatic rings. The van der Waals surface area contributed by atoms with Gasteiger partial charge in [-0.25, -0.2) is 9.97 Å². The first-order valence-electron chi connectivity index (χ1n) is 6.34. The Morgan fingerprint density at radius 1 is 1.19 bits per heavy atom. The van der Waals surface area contributed by atoms with E-state index in [1.54, 1.807) is 18.6 Å². The largest absolute Gasteiger partial charge is 0.359 e. The van der Waals surface area contributed by atoms with E-state index >= 15 is 0 Å². The number of benzene rings is 1. The van der Waals surface area contributed by atoms with E-state index in [0.717, 1.165) is 17.3 Å². The summed E-state index contributed by atoms with van der Waals surface area (Å²) in [5.74, 6) is 0.805. The van der Waals surface area contributed by atoms with Crippen molar-refractivity contribution in [3.63, 3.8) is 0 Å². The highest BCUT2D eigenvalue weighted by Gasteiger charge is 2.06. The lowest BCUT2D eigenvalue weighted by atomic mass is 10.3. The van der Waals surface area contributed by atoms with Crippen molar-refractivity contribution in [2.45, 2.75) is 6.54 Å². The molecule has 3 aromatic rings. The number of nitrogens with zero attached hydrogens (tertiary/aromatic N) is 4. The molecule has 1 N–H and O–H groups in total. The van der Waals surface area contributed by atoms with E-state index in [1.165, 1.54) is 0 Å². The van der Waals surface area contributed by atoms with Crippen molar-refractivity contribution >= 4 is 29.2 Å². The normalized spacial score (nSPS) is 10.8. The molecule has 7 heteroatoms. The lowest BCUT2D eigenvalue weighted by molar-refractivity contribution is 0.785. The zero-order valence-corrected chi connectivity index (χ0v) is 12.8. The maximum absolute atomic E-state index is 6.04. The first kappa shape index (κ1) is 14.0. The van der Waals surface area contributed by atoms with Crippen LogP contribution >= 0.6 is 23.2 Å². The average molecular weight is 322 g/mol. The molecule has 0 aliphatic carbocycles. The Kier molecular flexibility index (Phi) is 3.86. The van der Waals surface area contributed by atoms with Gasteiger partial charge in [-0.1, -0.05) is 23.2 Å². The zero-order valence-electron chi connectivity index (χ0n) is 11.3. The third-order valence-electron chi connectivity index (χ3n) is 3.11. The topological polar surface area (TPSA) is 47.7 Å². The first-order chi connectivity index (χ1) is 10.2. The van der Waals surface area contributed by atoms with Gasteiger partial charge in [0.15, 0.2) is 0 Å². The van der Waals surface area contributed by atoms with Crippen LogP contribution in [0.2, 0.25) is 10.0 Å². The van der Waals surface area contributed by atoms with Gasteiger partial charge in [0, 0.05) is 31.3 Å². The molecule has 0 radical (unpaired) electrons. The summed E-state index contributed by atoms with van der Waals surface area (Å²) < 4.78 is 3.90. The first-order valence-corrected chi connectivity index (χ1v) is 7.10. The summed E-state index contributed by atoms with van der Waals surface area (Å²) in [7, 11) is 1.84. The number of hydrogen-bond acceptors (Lipinski definition) is 3. The molecule has 108 valence electrons. The fourth-order valence-corrected chi connectivity index (χ4v) is 2.36. The van der Waals surface area contributed by atoms with Crippen LogP contribution in [0.4, 0.5) is 5.95 Å². The molecule has 3 rings (SSSR count). The summed E-state index contributed by atoms with van der Waals surface area (Å²) in [6, 6.07) is 5.48. The van der Waals surface area contributed by atoms with E-state index in [4.69, 9.17) is 23.2 Å². The molecule has 2 heterocycles. The Hall–Kier alpha value is -1.98. The summed E-state index contributed by atoms with van der Waals surface area (Å²) in [5, 5.41) is 4.10. The van der Waals surface area contributed by atoms with E-state index in [1.807, 2.05) is 40.7 Å². The minimum Gasteiger partial charge on any atom is -0.359 e. The van der Waals surface area contributed by atoms with Crippen LogP contribution in [0.3, 0.4) is 0 Å². The second-order valence-electron chi connectivity index (χ2n) is 4.50. The number of nitrogens with one attached hydrogen (secondary N) is 1. The fourth-order valence-electron chi connectivity index (χ4n) is 2.07. The molecule has 0 amide bonds. The summed E-state index contributed by atoms with van der Waals surface area (Å²) in [6.07, 6.45) is 7.37. The summed E-state index contributed by atoms with van der Waals surface area (Å²) in [5.41, 5.74) is 1.85. The Morgan fingerprint density at radius 3 is 2.81 bits per heavy atom. The molecule has 0 saturated carbocycles. The Labute approximate surface area is 132 Å². The van der Waals surface area contributed by atoms with Crippen molar-refractivity contribution in [1.29, 1.82) is 0 Å². The average Bonchev–Trinajstić information content (AvgIpc) is 3.11. The minimum atomic E-state index is 0.525. The highest BCUT2D eigenvalue weighted by Crippen LogP contribution is 2.24. The van der Waals surface area contributed by atoms with E-state index in [-0.39, 0.29) is 0 Å². The van der Waals surface area contributed by atoms with Crippen LogP contribution in [-0.2, 0) is 6.54 Å². The Bertz CT molecular complexity index is 762. The number of anilines is 1. The third-order valence-corrected chi connectivity index (χ3v) is 3.85. The van der Waals surface area contributed by atoms with Gasteiger partial charge in [0.2, 0.25) is 5.95 Å². The van der Waals surface area contributed by atoms with Crippen LogP contribution in [0.5, 0.6) is 0 Å². The molecule has 0 bridgehead atoms. The maximum atomic E-state index is 6.04. The predicted octanol–water partition coefficient (Wildman–Crippen LogP) is 3.47. The SMILES string of the molecule is CNc1nccn1Cc1cn(-c2ccc(Cl)c(Cl)c2)cn1. The van der Waals surface area contributed by atoms with Crippen LogP contribution in [-0.4, -0.2) is 26.1 Å². The van der Waals surface area contributed by atoms with Gasteiger partial charge < -0.3 is 14.5 Å². The van der Waals surface area contributed by atoms with Gasteiger partial charge in [-0.15, -0.1) is 0 Å². The summed E-state index contributed by atoms with van der Waals surface area (Å²) >= 11 is 12.0. The van der Waals surface area contributed by atoms with Crippen LogP contribution in [0.15, 0.2) is 43.1 Å². The quantitative estimate of drug-likeness (QED) is 0.800. The number of imidazole rings is 2. The van der Waals surface area contributed by atoms with Gasteiger partial charge in [-0.05, 0) is 18.2 Å². The molecule has 0 saturated heterocycles. The van der Waals surface area contributed by atoms with Crippen molar-refractivity contribution < 1.29 is 0 Å². The van der Waals surface area contributed by atoms with E-state index in [2.05, 4.69) is 15.3 Å². The minimum absolute atomic E-state index is 0.525.